The summed E-state index contributed by atoms with van der Waals surface area (Å²) in [5.41, 5.74) is 1.22. The number of ether oxygens (including phenoxy) is 6. The fraction of sp³-hybridized carbons (Fsp3) is 0.235. The second-order valence-corrected chi connectivity index (χ2v) is 9.00. The van der Waals surface area contributed by atoms with Gasteiger partial charge >= 0.3 is 23.9 Å². The van der Waals surface area contributed by atoms with E-state index in [1.165, 1.54) is 18.2 Å². The average molecular weight is 605 g/mol. The minimum atomic E-state index is -0.578. The van der Waals surface area contributed by atoms with Crippen molar-refractivity contribution in [2.24, 2.45) is 0 Å². The van der Waals surface area contributed by atoms with Gasteiger partial charge < -0.3 is 28.4 Å². The van der Waals surface area contributed by atoms with Crippen LogP contribution in [0, 0.1) is 6.92 Å². The molecule has 0 radical (unpaired) electrons. The van der Waals surface area contributed by atoms with Crippen LogP contribution in [-0.2, 0) is 28.6 Å². The fourth-order valence-corrected chi connectivity index (χ4v) is 3.24. The van der Waals surface area contributed by atoms with Gasteiger partial charge in [0, 0.05) is 30.6 Å². The third-order valence-electron chi connectivity index (χ3n) is 5.61. The molecule has 10 heteroatoms. The van der Waals surface area contributed by atoms with E-state index in [1.807, 2.05) is 0 Å². The lowest BCUT2D eigenvalue weighted by molar-refractivity contribution is -0.138. The lowest BCUT2D eigenvalue weighted by Crippen LogP contribution is -2.11. The van der Waals surface area contributed by atoms with Crippen molar-refractivity contribution in [3.05, 3.63) is 115 Å². The van der Waals surface area contributed by atoms with Crippen molar-refractivity contribution < 1.29 is 47.6 Å². The summed E-state index contributed by atoms with van der Waals surface area (Å²) in [7, 11) is 0. The highest BCUT2D eigenvalue weighted by Crippen LogP contribution is 2.25. The number of allylic oxidation sites excluding steroid dienone is 3. The first kappa shape index (κ1) is 34.8. The van der Waals surface area contributed by atoms with Crippen LogP contribution in [0.2, 0.25) is 0 Å². The molecule has 10 nitrogen and oxygen atoms in total. The van der Waals surface area contributed by atoms with Crippen LogP contribution in [0.1, 0.15) is 35.7 Å². The van der Waals surface area contributed by atoms with Crippen LogP contribution >= 0.6 is 0 Å². The van der Waals surface area contributed by atoms with E-state index >= 15 is 0 Å². The van der Waals surface area contributed by atoms with E-state index in [4.69, 9.17) is 28.4 Å². The maximum atomic E-state index is 12.7. The van der Waals surface area contributed by atoms with Crippen LogP contribution in [0.5, 0.6) is 17.2 Å². The van der Waals surface area contributed by atoms with Crippen molar-refractivity contribution in [1.82, 2.24) is 0 Å². The SMILES string of the molecule is C=CC(=O)OCCCO/C(C=C)=C/C=C(\C)C(=O)Oc1ccc(OC(=O)c2ccc(OCCCOC(=O)C=C)cc2)c(C)c1. The molecular weight excluding hydrogens is 568 g/mol. The Morgan fingerprint density at radius 3 is 1.89 bits per heavy atom. The highest BCUT2D eigenvalue weighted by molar-refractivity contribution is 5.91. The van der Waals surface area contributed by atoms with E-state index in [9.17, 15) is 19.2 Å². The lowest BCUT2D eigenvalue weighted by atomic mass is 10.2. The minimum Gasteiger partial charge on any atom is -0.493 e. The van der Waals surface area contributed by atoms with E-state index < -0.39 is 23.9 Å². The van der Waals surface area contributed by atoms with Gasteiger partial charge in [-0.1, -0.05) is 19.7 Å². The molecule has 44 heavy (non-hydrogen) atoms. The number of carbonyl (C=O) groups is 4. The van der Waals surface area contributed by atoms with Gasteiger partial charge in [-0.05, 0) is 80.1 Å². The van der Waals surface area contributed by atoms with Crippen molar-refractivity contribution in [2.45, 2.75) is 26.7 Å². The number of aryl methyl sites for hydroxylation is 1. The van der Waals surface area contributed by atoms with Crippen molar-refractivity contribution in [3.8, 4) is 17.2 Å². The molecule has 2 aromatic carbocycles. The smallest absolute Gasteiger partial charge is 0.343 e. The Hall–Kier alpha value is -5.38. The second kappa shape index (κ2) is 18.9. The highest BCUT2D eigenvalue weighted by atomic mass is 16.5. The Bertz CT molecular complexity index is 1400. The van der Waals surface area contributed by atoms with Crippen LogP contribution in [0.4, 0.5) is 0 Å². The summed E-state index contributed by atoms with van der Waals surface area (Å²) >= 11 is 0. The van der Waals surface area contributed by atoms with Gasteiger partial charge in [0.1, 0.15) is 23.0 Å². The summed E-state index contributed by atoms with van der Waals surface area (Å²) in [5.74, 6) is -0.559. The van der Waals surface area contributed by atoms with Crippen LogP contribution in [0.15, 0.2) is 104 Å². The largest absolute Gasteiger partial charge is 0.493 e. The Balaban J connectivity index is 1.86. The zero-order chi connectivity index (χ0) is 32.3. The second-order valence-electron chi connectivity index (χ2n) is 9.00. The van der Waals surface area contributed by atoms with Gasteiger partial charge in [-0.15, -0.1) is 0 Å². The molecule has 0 aliphatic heterocycles. The molecule has 232 valence electrons. The quantitative estimate of drug-likeness (QED) is 0.0517. The van der Waals surface area contributed by atoms with Gasteiger partial charge in [0.2, 0.25) is 0 Å². The normalized spacial score (nSPS) is 11.0. The highest BCUT2D eigenvalue weighted by Gasteiger charge is 2.13. The van der Waals surface area contributed by atoms with Crippen LogP contribution in [-0.4, -0.2) is 50.3 Å². The van der Waals surface area contributed by atoms with E-state index in [1.54, 1.807) is 56.3 Å². The summed E-state index contributed by atoms with van der Waals surface area (Å²) in [4.78, 5) is 47.3. The van der Waals surface area contributed by atoms with Gasteiger partial charge in [-0.3, -0.25) is 0 Å². The summed E-state index contributed by atoms with van der Waals surface area (Å²) in [5, 5.41) is 0. The molecule has 0 N–H and O–H groups in total. The monoisotopic (exact) mass is 604 g/mol. The maximum Gasteiger partial charge on any atom is 0.343 e. The first-order valence-corrected chi connectivity index (χ1v) is 13.7. The molecule has 0 fully saturated rings. The molecule has 0 amide bonds. The molecule has 0 saturated carbocycles. The van der Waals surface area contributed by atoms with Crippen molar-refractivity contribution in [3.63, 3.8) is 0 Å². The average Bonchev–Trinajstić information content (AvgIpc) is 3.03. The molecule has 0 atom stereocenters. The summed E-state index contributed by atoms with van der Waals surface area (Å²) in [6, 6.07) is 11.1. The number of carbonyl (C=O) groups excluding carboxylic acids is 4. The van der Waals surface area contributed by atoms with Gasteiger partial charge in [0.15, 0.2) is 0 Å². The molecule has 0 aliphatic carbocycles. The lowest BCUT2D eigenvalue weighted by Gasteiger charge is -2.11. The molecule has 0 unspecified atom stereocenters. The van der Waals surface area contributed by atoms with Gasteiger partial charge in [0.25, 0.3) is 0 Å². The summed E-state index contributed by atoms with van der Waals surface area (Å²) < 4.78 is 31.9. The maximum absolute atomic E-state index is 12.7. The van der Waals surface area contributed by atoms with E-state index in [-0.39, 0.29) is 25.6 Å². The first-order valence-electron chi connectivity index (χ1n) is 13.7. The van der Waals surface area contributed by atoms with Crippen LogP contribution < -0.4 is 14.2 Å². The molecule has 2 rings (SSSR count). The van der Waals surface area contributed by atoms with Gasteiger partial charge in [-0.2, -0.15) is 0 Å². The zero-order valence-electron chi connectivity index (χ0n) is 24.9. The predicted molar refractivity (Wildman–Crippen MR) is 163 cm³/mol. The molecule has 0 aliphatic rings. The molecular formula is C34H36O10. The van der Waals surface area contributed by atoms with Crippen molar-refractivity contribution >= 4 is 23.9 Å². The third kappa shape index (κ3) is 12.6. The van der Waals surface area contributed by atoms with Gasteiger partial charge in [0.05, 0.1) is 32.0 Å². The van der Waals surface area contributed by atoms with Crippen LogP contribution in [0.25, 0.3) is 0 Å². The Labute approximate surface area is 256 Å². The first-order chi connectivity index (χ1) is 21.2. The number of hydrogen-bond donors (Lipinski definition) is 0. The Morgan fingerprint density at radius 1 is 0.705 bits per heavy atom. The number of hydrogen-bond acceptors (Lipinski definition) is 10. The number of benzene rings is 2. The molecule has 0 heterocycles. The number of esters is 4. The minimum absolute atomic E-state index is 0.191. The fourth-order valence-electron chi connectivity index (χ4n) is 3.24. The number of rotatable bonds is 18. The van der Waals surface area contributed by atoms with Gasteiger partial charge in [-0.25, -0.2) is 19.2 Å². The molecule has 0 saturated heterocycles. The van der Waals surface area contributed by atoms with Crippen LogP contribution in [0.3, 0.4) is 0 Å². The topological polar surface area (TPSA) is 124 Å². The molecule has 2 aromatic rings. The van der Waals surface area contributed by atoms with Crippen molar-refractivity contribution in [2.75, 3.05) is 26.4 Å². The zero-order valence-corrected chi connectivity index (χ0v) is 24.9. The Kier molecular flexibility index (Phi) is 15.0. The molecule has 0 spiro atoms. The third-order valence-corrected chi connectivity index (χ3v) is 5.61. The summed E-state index contributed by atoms with van der Waals surface area (Å²) in [6.45, 7) is 14.7. The Morgan fingerprint density at radius 2 is 1.30 bits per heavy atom. The van der Waals surface area contributed by atoms with E-state index in [0.717, 1.165) is 12.2 Å². The predicted octanol–water partition coefficient (Wildman–Crippen LogP) is 5.77. The van der Waals surface area contributed by atoms with Crippen molar-refractivity contribution in [1.29, 1.82) is 0 Å². The van der Waals surface area contributed by atoms with E-state index in [0.29, 0.717) is 53.4 Å². The molecule has 0 bridgehead atoms. The standard InChI is InChI=1S/C34H36O10/c1-6-27(39-19-9-21-41-31(35)7-2)14-11-24(4)33(37)43-29-17-18-30(25(5)23-29)44-34(38)26-12-15-28(16-13-26)40-20-10-22-42-32(36)8-3/h6-8,11-18,23H,1-3,9-10,19-22H2,4-5H3/b24-11+,27-14+. The molecule has 0 aromatic heterocycles. The summed E-state index contributed by atoms with van der Waals surface area (Å²) in [6.07, 6.45) is 7.77. The van der Waals surface area contributed by atoms with E-state index in [2.05, 4.69) is 19.7 Å².